The molecule has 4 rings (SSSR count). The van der Waals surface area contributed by atoms with Gasteiger partial charge in [-0.25, -0.2) is 8.42 Å². The topological polar surface area (TPSA) is 86.4 Å². The lowest BCUT2D eigenvalue weighted by molar-refractivity contribution is -0.139. The van der Waals surface area contributed by atoms with Gasteiger partial charge in [-0.1, -0.05) is 11.6 Å². The second-order valence-corrected chi connectivity index (χ2v) is 9.16. The van der Waals surface area contributed by atoms with Gasteiger partial charge >= 0.3 is 0 Å². The van der Waals surface area contributed by atoms with Crippen LogP contribution in [0.4, 0.5) is 0 Å². The van der Waals surface area contributed by atoms with Crippen LogP contribution in [0.25, 0.3) is 0 Å². The standard InChI is InChI=1S/C17H26N4O3S/c1-11(2)7-8-21-15-6-5-14(17(21)22)9-20(10-15)25(23,24)16-12(3)18-19-13(16)4/h7,14-15H,5-6,8-10H2,1-4H3,(H,18,19)/t14-,15+/m0/s1. The van der Waals surface area contributed by atoms with Gasteiger partial charge < -0.3 is 4.90 Å². The number of carbonyl (C=O) groups excluding carboxylic acids is 1. The Hall–Kier alpha value is -1.67. The molecular weight excluding hydrogens is 340 g/mol. The van der Waals surface area contributed by atoms with Crippen molar-refractivity contribution in [1.82, 2.24) is 19.4 Å². The van der Waals surface area contributed by atoms with Crippen LogP contribution in [-0.2, 0) is 14.8 Å². The van der Waals surface area contributed by atoms with Gasteiger partial charge in [0.15, 0.2) is 0 Å². The molecule has 3 fully saturated rings. The molecule has 2 bridgehead atoms. The molecule has 0 aromatic carbocycles. The van der Waals surface area contributed by atoms with Crippen LogP contribution in [0.5, 0.6) is 0 Å². The van der Waals surface area contributed by atoms with E-state index in [0.29, 0.717) is 24.5 Å². The van der Waals surface area contributed by atoms with Crippen LogP contribution in [0.3, 0.4) is 0 Å². The number of aromatic amines is 1. The van der Waals surface area contributed by atoms with E-state index in [2.05, 4.69) is 10.2 Å². The first-order valence-corrected chi connectivity index (χ1v) is 10.1. The highest BCUT2D eigenvalue weighted by molar-refractivity contribution is 7.89. The highest BCUT2D eigenvalue weighted by Gasteiger charge is 2.44. The molecule has 0 radical (unpaired) electrons. The first-order chi connectivity index (χ1) is 11.7. The van der Waals surface area contributed by atoms with Crippen LogP contribution in [0.1, 0.15) is 38.1 Å². The molecule has 0 spiro atoms. The maximum atomic E-state index is 13.2. The second-order valence-electron chi connectivity index (χ2n) is 7.29. The fourth-order valence-corrected chi connectivity index (χ4v) is 5.62. The van der Waals surface area contributed by atoms with Gasteiger partial charge in [0.1, 0.15) is 4.90 Å². The highest BCUT2D eigenvalue weighted by atomic mass is 32.2. The molecule has 1 amide bonds. The average molecular weight is 366 g/mol. The lowest BCUT2D eigenvalue weighted by atomic mass is 9.94. The third-order valence-electron chi connectivity index (χ3n) is 5.11. The summed E-state index contributed by atoms with van der Waals surface area (Å²) in [6.45, 7) is 8.57. The zero-order chi connectivity index (χ0) is 18.4. The van der Waals surface area contributed by atoms with Crippen molar-refractivity contribution in [1.29, 1.82) is 0 Å². The first-order valence-electron chi connectivity index (χ1n) is 8.67. The smallest absolute Gasteiger partial charge is 0.246 e. The van der Waals surface area contributed by atoms with Gasteiger partial charge in [-0.15, -0.1) is 0 Å². The van der Waals surface area contributed by atoms with Crippen molar-refractivity contribution >= 4 is 15.9 Å². The molecule has 1 aromatic rings. The predicted octanol–water partition coefficient (Wildman–Crippen LogP) is 1.60. The molecule has 2 atom stereocenters. The molecule has 8 heteroatoms. The minimum absolute atomic E-state index is 0.0656. The van der Waals surface area contributed by atoms with E-state index >= 15 is 0 Å². The Labute approximate surface area is 149 Å². The molecular formula is C17H26N4O3S. The molecule has 1 aromatic heterocycles. The first kappa shape index (κ1) is 18.1. The van der Waals surface area contributed by atoms with E-state index in [1.165, 1.54) is 4.31 Å². The van der Waals surface area contributed by atoms with E-state index in [0.717, 1.165) is 18.4 Å². The van der Waals surface area contributed by atoms with Gasteiger partial charge in [0.05, 0.1) is 17.3 Å². The summed E-state index contributed by atoms with van der Waals surface area (Å²) < 4.78 is 27.8. The fraction of sp³-hybridized carbons (Fsp3) is 0.647. The third-order valence-corrected chi connectivity index (χ3v) is 7.21. The van der Waals surface area contributed by atoms with Crippen LogP contribution in [-0.4, -0.2) is 59.4 Å². The summed E-state index contributed by atoms with van der Waals surface area (Å²) in [5.74, 6) is -0.182. The molecule has 138 valence electrons. The summed E-state index contributed by atoms with van der Waals surface area (Å²) in [6.07, 6.45) is 3.63. The Bertz CT molecular complexity index is 788. The maximum absolute atomic E-state index is 13.2. The van der Waals surface area contributed by atoms with E-state index in [9.17, 15) is 13.2 Å². The number of amides is 1. The predicted molar refractivity (Wildman–Crippen MR) is 94.5 cm³/mol. The zero-order valence-electron chi connectivity index (χ0n) is 15.2. The fourth-order valence-electron chi connectivity index (χ4n) is 3.77. The lowest BCUT2D eigenvalue weighted by Crippen LogP contribution is -2.48. The average Bonchev–Trinajstić information content (AvgIpc) is 2.72. The maximum Gasteiger partial charge on any atom is 0.246 e. The largest absolute Gasteiger partial charge is 0.334 e. The highest BCUT2D eigenvalue weighted by Crippen LogP contribution is 2.33. The zero-order valence-corrected chi connectivity index (χ0v) is 16.1. The second kappa shape index (κ2) is 6.57. The Morgan fingerprint density at radius 1 is 1.28 bits per heavy atom. The van der Waals surface area contributed by atoms with Crippen molar-refractivity contribution in [3.63, 3.8) is 0 Å². The number of rotatable bonds is 4. The number of H-pyrrole nitrogens is 1. The summed E-state index contributed by atoms with van der Waals surface area (Å²) in [7, 11) is -3.66. The van der Waals surface area contributed by atoms with Crippen molar-refractivity contribution in [2.75, 3.05) is 19.6 Å². The number of hydrogen-bond donors (Lipinski definition) is 1. The van der Waals surface area contributed by atoms with Crippen molar-refractivity contribution in [2.45, 2.75) is 51.5 Å². The van der Waals surface area contributed by atoms with Crippen molar-refractivity contribution in [2.24, 2.45) is 5.92 Å². The van der Waals surface area contributed by atoms with Crippen molar-refractivity contribution < 1.29 is 13.2 Å². The van der Waals surface area contributed by atoms with E-state index < -0.39 is 10.0 Å². The molecule has 1 N–H and O–H groups in total. The van der Waals surface area contributed by atoms with E-state index in [1.807, 2.05) is 24.8 Å². The molecule has 4 heterocycles. The number of fused-ring (bicyclic) bond motifs is 4. The Kier molecular flexibility index (Phi) is 4.76. The number of hydrogen-bond acceptors (Lipinski definition) is 4. The number of nitrogens with one attached hydrogen (secondary N) is 1. The van der Waals surface area contributed by atoms with Gasteiger partial charge in [-0.2, -0.15) is 9.40 Å². The SMILES string of the molecule is CC(C)=CCN1C(=O)[C@H]2CC[C@@H]1CN(S(=O)(=O)c1c(C)n[nH]c1C)C2. The monoisotopic (exact) mass is 366 g/mol. The summed E-state index contributed by atoms with van der Waals surface area (Å²) in [5.41, 5.74) is 2.17. The summed E-state index contributed by atoms with van der Waals surface area (Å²) in [5, 5.41) is 6.76. The van der Waals surface area contributed by atoms with Crippen LogP contribution in [0.15, 0.2) is 16.5 Å². The minimum Gasteiger partial charge on any atom is -0.334 e. The number of sulfonamides is 1. The van der Waals surface area contributed by atoms with Crippen LogP contribution >= 0.6 is 0 Å². The molecule has 0 aliphatic carbocycles. The van der Waals surface area contributed by atoms with Gasteiger partial charge in [0, 0.05) is 25.7 Å². The molecule has 25 heavy (non-hydrogen) atoms. The van der Waals surface area contributed by atoms with Crippen LogP contribution < -0.4 is 0 Å². The van der Waals surface area contributed by atoms with Gasteiger partial charge in [-0.05, 0) is 40.5 Å². The van der Waals surface area contributed by atoms with Gasteiger partial charge in [0.25, 0.3) is 0 Å². The van der Waals surface area contributed by atoms with Crippen molar-refractivity contribution in [3.8, 4) is 0 Å². The van der Waals surface area contributed by atoms with Crippen LogP contribution in [0.2, 0.25) is 0 Å². The van der Waals surface area contributed by atoms with E-state index in [4.69, 9.17) is 0 Å². The Morgan fingerprint density at radius 3 is 2.60 bits per heavy atom. The Morgan fingerprint density at radius 2 is 2.00 bits per heavy atom. The van der Waals surface area contributed by atoms with Crippen molar-refractivity contribution in [3.05, 3.63) is 23.0 Å². The quantitative estimate of drug-likeness (QED) is 0.820. The molecule has 3 saturated heterocycles. The summed E-state index contributed by atoms with van der Waals surface area (Å²) in [4.78, 5) is 14.9. The molecule has 7 nitrogen and oxygen atoms in total. The number of piperidine rings is 1. The minimum atomic E-state index is -3.66. The number of allylic oxidation sites excluding steroid dienone is 1. The molecule has 3 aliphatic rings. The number of aryl methyl sites for hydroxylation is 2. The van der Waals surface area contributed by atoms with Gasteiger partial charge in [-0.3, -0.25) is 9.89 Å². The number of nitrogens with zero attached hydrogens (tertiary/aromatic N) is 3. The summed E-state index contributed by atoms with van der Waals surface area (Å²) in [6, 6.07) is -0.0656. The molecule has 3 aliphatic heterocycles. The number of aromatic nitrogens is 2. The Balaban J connectivity index is 1.92. The molecule has 0 unspecified atom stereocenters. The lowest BCUT2D eigenvalue weighted by Gasteiger charge is -2.35. The van der Waals surface area contributed by atoms with E-state index in [-0.39, 0.29) is 29.3 Å². The molecule has 0 saturated carbocycles. The van der Waals surface area contributed by atoms with Crippen LogP contribution in [0, 0.1) is 19.8 Å². The van der Waals surface area contributed by atoms with Gasteiger partial charge in [0.2, 0.25) is 15.9 Å². The number of carbonyl (C=O) groups is 1. The third kappa shape index (κ3) is 3.25. The summed E-state index contributed by atoms with van der Waals surface area (Å²) >= 11 is 0. The van der Waals surface area contributed by atoms with E-state index in [1.54, 1.807) is 13.8 Å². The normalized spacial score (nSPS) is 24.5.